The standard InChI is InChI=1S/C16H27NO/c1-5-6-9-18-16-8-7-14(4)10-15(16)12-17-11-13(2)3/h7-8,10,13,17H,5-6,9,11-12H2,1-4H3. The summed E-state index contributed by atoms with van der Waals surface area (Å²) in [5, 5.41) is 3.48. The highest BCUT2D eigenvalue weighted by atomic mass is 16.5. The van der Waals surface area contributed by atoms with Crippen molar-refractivity contribution in [2.24, 2.45) is 5.92 Å². The molecule has 0 aliphatic rings. The number of hydrogen-bond donors (Lipinski definition) is 1. The Morgan fingerprint density at radius 1 is 1.28 bits per heavy atom. The zero-order valence-electron chi connectivity index (χ0n) is 12.3. The first-order chi connectivity index (χ1) is 8.63. The van der Waals surface area contributed by atoms with Crippen LogP contribution in [-0.2, 0) is 6.54 Å². The highest BCUT2D eigenvalue weighted by molar-refractivity contribution is 5.36. The Kier molecular flexibility index (Phi) is 6.81. The Hall–Kier alpha value is -1.02. The Morgan fingerprint density at radius 3 is 2.72 bits per heavy atom. The number of nitrogens with one attached hydrogen (secondary N) is 1. The first-order valence-corrected chi connectivity index (χ1v) is 7.06. The van der Waals surface area contributed by atoms with Crippen molar-refractivity contribution in [3.8, 4) is 5.75 Å². The van der Waals surface area contributed by atoms with Gasteiger partial charge in [-0.1, -0.05) is 44.9 Å². The van der Waals surface area contributed by atoms with E-state index in [1.807, 2.05) is 0 Å². The van der Waals surface area contributed by atoms with Crippen molar-refractivity contribution in [3.05, 3.63) is 29.3 Å². The van der Waals surface area contributed by atoms with Gasteiger partial charge in [0.25, 0.3) is 0 Å². The zero-order valence-corrected chi connectivity index (χ0v) is 12.3. The molecule has 0 aromatic heterocycles. The number of hydrogen-bond acceptors (Lipinski definition) is 2. The summed E-state index contributed by atoms with van der Waals surface area (Å²) in [7, 11) is 0. The molecule has 1 N–H and O–H groups in total. The van der Waals surface area contributed by atoms with Gasteiger partial charge in [0.2, 0.25) is 0 Å². The van der Waals surface area contributed by atoms with E-state index in [4.69, 9.17) is 4.74 Å². The molecule has 0 aliphatic carbocycles. The summed E-state index contributed by atoms with van der Waals surface area (Å²) >= 11 is 0. The summed E-state index contributed by atoms with van der Waals surface area (Å²) in [4.78, 5) is 0. The maximum absolute atomic E-state index is 5.85. The van der Waals surface area contributed by atoms with Crippen LogP contribution in [0.3, 0.4) is 0 Å². The molecule has 0 unspecified atom stereocenters. The third kappa shape index (κ3) is 5.54. The molecule has 0 aliphatic heterocycles. The Bertz CT molecular complexity index is 347. The van der Waals surface area contributed by atoms with Gasteiger partial charge in [-0.05, 0) is 31.9 Å². The molecule has 18 heavy (non-hydrogen) atoms. The third-order valence-corrected chi connectivity index (χ3v) is 2.84. The Morgan fingerprint density at radius 2 is 2.06 bits per heavy atom. The maximum Gasteiger partial charge on any atom is 0.123 e. The van der Waals surface area contributed by atoms with E-state index in [1.54, 1.807) is 0 Å². The zero-order chi connectivity index (χ0) is 13.4. The maximum atomic E-state index is 5.85. The summed E-state index contributed by atoms with van der Waals surface area (Å²) in [6.07, 6.45) is 2.29. The molecule has 0 saturated carbocycles. The van der Waals surface area contributed by atoms with Gasteiger partial charge in [0.1, 0.15) is 5.75 Å². The number of ether oxygens (including phenoxy) is 1. The quantitative estimate of drug-likeness (QED) is 0.705. The minimum Gasteiger partial charge on any atom is -0.493 e. The van der Waals surface area contributed by atoms with Crippen molar-refractivity contribution in [1.29, 1.82) is 0 Å². The van der Waals surface area contributed by atoms with Gasteiger partial charge in [0.15, 0.2) is 0 Å². The molecular formula is C16H27NO. The van der Waals surface area contributed by atoms with Crippen molar-refractivity contribution < 1.29 is 4.74 Å². The van der Waals surface area contributed by atoms with Gasteiger partial charge in [-0.3, -0.25) is 0 Å². The molecule has 0 heterocycles. The van der Waals surface area contributed by atoms with E-state index >= 15 is 0 Å². The van der Waals surface area contributed by atoms with E-state index in [9.17, 15) is 0 Å². The molecule has 0 radical (unpaired) electrons. The van der Waals surface area contributed by atoms with Crippen molar-refractivity contribution in [2.75, 3.05) is 13.2 Å². The van der Waals surface area contributed by atoms with Crippen LogP contribution in [0.1, 0.15) is 44.7 Å². The molecule has 1 aromatic carbocycles. The highest BCUT2D eigenvalue weighted by Crippen LogP contribution is 2.20. The summed E-state index contributed by atoms with van der Waals surface area (Å²) in [6.45, 7) is 11.5. The molecule has 0 fully saturated rings. The van der Waals surface area contributed by atoms with Crippen LogP contribution in [0.2, 0.25) is 0 Å². The summed E-state index contributed by atoms with van der Waals surface area (Å²) in [5.41, 5.74) is 2.56. The first-order valence-electron chi connectivity index (χ1n) is 7.06. The SMILES string of the molecule is CCCCOc1ccc(C)cc1CNCC(C)C. The molecule has 0 bridgehead atoms. The van der Waals surface area contributed by atoms with Gasteiger partial charge < -0.3 is 10.1 Å². The predicted molar refractivity (Wildman–Crippen MR) is 78.1 cm³/mol. The van der Waals surface area contributed by atoms with Crippen LogP contribution in [-0.4, -0.2) is 13.2 Å². The molecule has 2 heteroatoms. The lowest BCUT2D eigenvalue weighted by atomic mass is 10.1. The number of benzene rings is 1. The lowest BCUT2D eigenvalue weighted by Gasteiger charge is -2.14. The molecule has 1 aromatic rings. The third-order valence-electron chi connectivity index (χ3n) is 2.84. The molecule has 1 rings (SSSR count). The van der Waals surface area contributed by atoms with Crippen molar-refractivity contribution in [2.45, 2.75) is 47.1 Å². The fraction of sp³-hybridized carbons (Fsp3) is 0.625. The van der Waals surface area contributed by atoms with Crippen molar-refractivity contribution >= 4 is 0 Å². The van der Waals surface area contributed by atoms with Gasteiger partial charge in [-0.15, -0.1) is 0 Å². The molecule has 0 amide bonds. The first kappa shape index (κ1) is 15.0. The number of aryl methyl sites for hydroxylation is 1. The lowest BCUT2D eigenvalue weighted by Crippen LogP contribution is -2.19. The van der Waals surface area contributed by atoms with Gasteiger partial charge in [0, 0.05) is 12.1 Å². The second kappa shape index (κ2) is 8.15. The second-order valence-electron chi connectivity index (χ2n) is 5.34. The van der Waals surface area contributed by atoms with Crippen molar-refractivity contribution in [1.82, 2.24) is 5.32 Å². The van der Waals surface area contributed by atoms with Gasteiger partial charge in [-0.2, -0.15) is 0 Å². The van der Waals surface area contributed by atoms with Gasteiger partial charge in [0.05, 0.1) is 6.61 Å². The van der Waals surface area contributed by atoms with Gasteiger partial charge >= 0.3 is 0 Å². The molecule has 0 atom stereocenters. The van der Waals surface area contributed by atoms with E-state index in [1.165, 1.54) is 17.5 Å². The summed E-state index contributed by atoms with van der Waals surface area (Å²) in [6, 6.07) is 6.43. The van der Waals surface area contributed by atoms with Crippen LogP contribution in [0.5, 0.6) is 5.75 Å². The normalized spacial score (nSPS) is 10.9. The largest absolute Gasteiger partial charge is 0.493 e. The van der Waals surface area contributed by atoms with E-state index in [2.05, 4.69) is 51.2 Å². The highest BCUT2D eigenvalue weighted by Gasteiger charge is 2.04. The van der Waals surface area contributed by atoms with Crippen LogP contribution in [0.25, 0.3) is 0 Å². The van der Waals surface area contributed by atoms with E-state index < -0.39 is 0 Å². The lowest BCUT2D eigenvalue weighted by molar-refractivity contribution is 0.305. The monoisotopic (exact) mass is 249 g/mol. The van der Waals surface area contributed by atoms with Crippen LogP contribution >= 0.6 is 0 Å². The van der Waals surface area contributed by atoms with Crippen LogP contribution < -0.4 is 10.1 Å². The fourth-order valence-electron chi connectivity index (χ4n) is 1.81. The van der Waals surface area contributed by atoms with E-state index in [0.29, 0.717) is 5.92 Å². The average molecular weight is 249 g/mol. The second-order valence-corrected chi connectivity index (χ2v) is 5.34. The topological polar surface area (TPSA) is 21.3 Å². The van der Waals surface area contributed by atoms with Crippen LogP contribution in [0.4, 0.5) is 0 Å². The summed E-state index contributed by atoms with van der Waals surface area (Å²) < 4.78 is 5.85. The minimum atomic E-state index is 0.680. The molecule has 0 spiro atoms. The van der Waals surface area contributed by atoms with Crippen molar-refractivity contribution in [3.63, 3.8) is 0 Å². The predicted octanol–water partition coefficient (Wildman–Crippen LogP) is 3.92. The Balaban J connectivity index is 2.58. The molecule has 2 nitrogen and oxygen atoms in total. The Labute approximate surface area is 112 Å². The average Bonchev–Trinajstić information content (AvgIpc) is 2.31. The molecule has 102 valence electrons. The van der Waals surface area contributed by atoms with E-state index in [-0.39, 0.29) is 0 Å². The number of rotatable bonds is 8. The minimum absolute atomic E-state index is 0.680. The summed E-state index contributed by atoms with van der Waals surface area (Å²) in [5.74, 6) is 1.71. The molecule has 0 saturated heterocycles. The van der Waals surface area contributed by atoms with Gasteiger partial charge in [-0.25, -0.2) is 0 Å². The molecular weight excluding hydrogens is 222 g/mol. The van der Waals surface area contributed by atoms with E-state index in [0.717, 1.165) is 31.9 Å². The van der Waals surface area contributed by atoms with Crippen LogP contribution in [0, 0.1) is 12.8 Å². The fourth-order valence-corrected chi connectivity index (χ4v) is 1.81. The smallest absolute Gasteiger partial charge is 0.123 e. The number of unbranched alkanes of at least 4 members (excludes halogenated alkanes) is 1. The van der Waals surface area contributed by atoms with Crippen LogP contribution in [0.15, 0.2) is 18.2 Å².